The molecule has 1 aromatic heterocycles. The number of hydrogen-bond acceptors (Lipinski definition) is 6. The number of hydrogen-bond donors (Lipinski definition) is 0. The van der Waals surface area contributed by atoms with E-state index in [0.717, 1.165) is 17.0 Å². The van der Waals surface area contributed by atoms with Gasteiger partial charge in [0.2, 0.25) is 5.91 Å². The number of nitrogens with zero attached hydrogens (tertiary/aromatic N) is 3. The molecule has 2 heterocycles. The summed E-state index contributed by atoms with van der Waals surface area (Å²) in [6.07, 6.45) is 3.73. The molecule has 0 bridgehead atoms. The lowest BCUT2D eigenvalue weighted by atomic mass is 10.1. The van der Waals surface area contributed by atoms with Crippen molar-refractivity contribution >= 4 is 46.4 Å². The van der Waals surface area contributed by atoms with Crippen molar-refractivity contribution in [2.45, 2.75) is 19.1 Å². The summed E-state index contributed by atoms with van der Waals surface area (Å²) in [6.45, 7) is 3.70. The van der Waals surface area contributed by atoms with Crippen molar-refractivity contribution in [2.75, 3.05) is 12.0 Å². The zero-order valence-corrected chi connectivity index (χ0v) is 17.7. The van der Waals surface area contributed by atoms with Crippen LogP contribution in [0.3, 0.4) is 0 Å². The van der Waals surface area contributed by atoms with Gasteiger partial charge in [-0.3, -0.25) is 9.69 Å². The van der Waals surface area contributed by atoms with Crippen LogP contribution in [0, 0.1) is 6.92 Å². The quantitative estimate of drug-likeness (QED) is 0.560. The number of ether oxygens (including phenoxy) is 1. The zero-order chi connectivity index (χ0) is 21.1. The molecule has 4 rings (SSSR count). The first kappa shape index (κ1) is 20.0. The summed E-state index contributed by atoms with van der Waals surface area (Å²) in [4.78, 5) is 19.3. The Morgan fingerprint density at radius 1 is 1.13 bits per heavy atom. The molecule has 30 heavy (non-hydrogen) atoms. The van der Waals surface area contributed by atoms with Gasteiger partial charge in [-0.2, -0.15) is 0 Å². The van der Waals surface area contributed by atoms with Gasteiger partial charge in [0.25, 0.3) is 0 Å². The van der Waals surface area contributed by atoms with Gasteiger partial charge in [-0.1, -0.05) is 53.3 Å². The Morgan fingerprint density at radius 3 is 2.57 bits per heavy atom. The van der Waals surface area contributed by atoms with Gasteiger partial charge in [0.1, 0.15) is 17.1 Å². The van der Waals surface area contributed by atoms with Gasteiger partial charge in [-0.15, -0.1) is 0 Å². The highest BCUT2D eigenvalue weighted by molar-refractivity contribution is 8.16. The number of carbonyl (C=O) groups excluding carboxylic acids is 1. The highest BCUT2D eigenvalue weighted by Crippen LogP contribution is 2.37. The number of para-hydroxylation sites is 1. The third-order valence-electron chi connectivity index (χ3n) is 4.65. The van der Waals surface area contributed by atoms with Crippen molar-refractivity contribution in [3.8, 4) is 5.75 Å². The van der Waals surface area contributed by atoms with Crippen LogP contribution in [0.5, 0.6) is 5.75 Å². The topological polar surface area (TPSA) is 67.9 Å². The third-order valence-corrected chi connectivity index (χ3v) is 5.69. The smallest absolute Gasteiger partial charge is 0.246 e. The molecule has 1 aliphatic heterocycles. The van der Waals surface area contributed by atoms with Crippen molar-refractivity contribution in [1.82, 2.24) is 5.16 Å². The maximum Gasteiger partial charge on any atom is 0.246 e. The van der Waals surface area contributed by atoms with Crippen LogP contribution in [0.25, 0.3) is 12.2 Å². The van der Waals surface area contributed by atoms with Crippen LogP contribution < -0.4 is 9.64 Å². The van der Waals surface area contributed by atoms with Crippen molar-refractivity contribution in [2.24, 2.45) is 4.99 Å². The van der Waals surface area contributed by atoms with Crippen LogP contribution in [-0.2, 0) is 4.79 Å². The molecule has 1 atom stereocenters. The summed E-state index contributed by atoms with van der Waals surface area (Å²) in [7, 11) is 1.63. The number of aliphatic imine (C=N–C) groups is 1. The Hall–Kier alpha value is -3.32. The fraction of sp³-hybridized carbons (Fsp3) is 0.174. The predicted molar refractivity (Wildman–Crippen MR) is 121 cm³/mol. The summed E-state index contributed by atoms with van der Waals surface area (Å²) < 4.78 is 10.7. The Labute approximate surface area is 179 Å². The van der Waals surface area contributed by atoms with E-state index < -0.39 is 0 Å². The van der Waals surface area contributed by atoms with Gasteiger partial charge < -0.3 is 9.26 Å². The highest BCUT2D eigenvalue weighted by Gasteiger charge is 2.39. The maximum atomic E-state index is 13.0. The van der Waals surface area contributed by atoms with Gasteiger partial charge in [0.15, 0.2) is 10.9 Å². The minimum Gasteiger partial charge on any atom is -0.497 e. The number of carbonyl (C=O) groups is 1. The Morgan fingerprint density at radius 2 is 1.87 bits per heavy atom. The number of aryl methyl sites for hydroxylation is 1. The normalized spacial score (nSPS) is 18.0. The molecule has 1 amide bonds. The van der Waals surface area contributed by atoms with E-state index in [0.29, 0.717) is 22.3 Å². The molecular weight excluding hydrogens is 398 g/mol. The third kappa shape index (κ3) is 4.02. The second kappa shape index (κ2) is 8.59. The lowest BCUT2D eigenvalue weighted by Gasteiger charge is -2.15. The summed E-state index contributed by atoms with van der Waals surface area (Å²) in [5.74, 6) is 1.26. The molecule has 2 aromatic carbocycles. The summed E-state index contributed by atoms with van der Waals surface area (Å²) in [6, 6.07) is 17.2. The second-order valence-electron chi connectivity index (χ2n) is 6.75. The van der Waals surface area contributed by atoms with Crippen LogP contribution in [0.1, 0.15) is 23.9 Å². The summed E-state index contributed by atoms with van der Waals surface area (Å²) in [5.41, 5.74) is 3.02. The largest absolute Gasteiger partial charge is 0.497 e. The number of methoxy groups -OCH3 is 1. The minimum absolute atomic E-state index is 0.0416. The molecule has 0 radical (unpaired) electrons. The van der Waals surface area contributed by atoms with Crippen molar-refractivity contribution in [3.05, 3.63) is 71.6 Å². The van der Waals surface area contributed by atoms with E-state index in [-0.39, 0.29) is 11.2 Å². The Bertz CT molecular complexity index is 1100. The lowest BCUT2D eigenvalue weighted by Crippen LogP contribution is -2.32. The molecule has 0 spiro atoms. The first-order valence-electron chi connectivity index (χ1n) is 9.49. The number of amidine groups is 1. The molecule has 0 saturated carbocycles. The van der Waals surface area contributed by atoms with E-state index in [1.807, 2.05) is 80.6 Å². The van der Waals surface area contributed by atoms with E-state index >= 15 is 0 Å². The molecule has 0 aliphatic carbocycles. The van der Waals surface area contributed by atoms with Crippen LogP contribution >= 0.6 is 11.8 Å². The van der Waals surface area contributed by atoms with Crippen LogP contribution in [-0.4, -0.2) is 28.6 Å². The van der Waals surface area contributed by atoms with E-state index in [1.165, 1.54) is 11.8 Å². The number of amides is 1. The maximum absolute atomic E-state index is 13.0. The Balaban J connectivity index is 1.70. The van der Waals surface area contributed by atoms with E-state index in [4.69, 9.17) is 14.3 Å². The fourth-order valence-electron chi connectivity index (χ4n) is 3.08. The first-order chi connectivity index (χ1) is 14.6. The molecule has 152 valence electrons. The molecular formula is C23H21N3O3S. The van der Waals surface area contributed by atoms with E-state index in [2.05, 4.69) is 5.16 Å². The SMILES string of the molecule is COc1ccc(/C=C/c2onc(C)c2N2C(=O)C(C)SC2=Nc2ccccc2)cc1. The molecule has 7 heteroatoms. The average Bonchev–Trinajstić information content (AvgIpc) is 3.25. The van der Waals surface area contributed by atoms with E-state index in [1.54, 1.807) is 12.0 Å². The summed E-state index contributed by atoms with van der Waals surface area (Å²) >= 11 is 1.43. The molecule has 1 saturated heterocycles. The first-order valence-corrected chi connectivity index (χ1v) is 10.4. The van der Waals surface area contributed by atoms with Crippen molar-refractivity contribution in [1.29, 1.82) is 0 Å². The van der Waals surface area contributed by atoms with Crippen LogP contribution in [0.2, 0.25) is 0 Å². The number of benzene rings is 2. The van der Waals surface area contributed by atoms with E-state index in [9.17, 15) is 4.79 Å². The van der Waals surface area contributed by atoms with Crippen molar-refractivity contribution < 1.29 is 14.1 Å². The highest BCUT2D eigenvalue weighted by atomic mass is 32.2. The average molecular weight is 420 g/mol. The molecule has 3 aromatic rings. The molecule has 1 fully saturated rings. The number of rotatable bonds is 5. The van der Waals surface area contributed by atoms with Gasteiger partial charge >= 0.3 is 0 Å². The molecule has 1 aliphatic rings. The van der Waals surface area contributed by atoms with Crippen LogP contribution in [0.15, 0.2) is 64.1 Å². The number of anilines is 1. The zero-order valence-electron chi connectivity index (χ0n) is 16.9. The molecule has 0 N–H and O–H groups in total. The number of aromatic nitrogens is 1. The van der Waals surface area contributed by atoms with Crippen molar-refractivity contribution in [3.63, 3.8) is 0 Å². The summed E-state index contributed by atoms with van der Waals surface area (Å²) in [5, 5.41) is 4.48. The lowest BCUT2D eigenvalue weighted by molar-refractivity contribution is -0.116. The Kier molecular flexibility index (Phi) is 5.72. The van der Waals surface area contributed by atoms with Gasteiger partial charge in [0, 0.05) is 0 Å². The predicted octanol–water partition coefficient (Wildman–Crippen LogP) is 5.32. The number of thioether (sulfide) groups is 1. The fourth-order valence-corrected chi connectivity index (χ4v) is 4.05. The molecule has 1 unspecified atom stereocenters. The standard InChI is InChI=1S/C23H21N3O3S/c1-15-21(20(29-25-15)14-11-17-9-12-19(28-3)13-10-17)26-22(27)16(2)30-23(26)24-18-7-5-4-6-8-18/h4-14,16H,1-3H3/b14-11+,24-23?. The second-order valence-corrected chi connectivity index (χ2v) is 8.06. The van der Waals surface area contributed by atoms with Gasteiger partial charge in [-0.05, 0) is 49.8 Å². The molecule has 6 nitrogen and oxygen atoms in total. The van der Waals surface area contributed by atoms with Crippen LogP contribution in [0.4, 0.5) is 11.4 Å². The van der Waals surface area contributed by atoms with Gasteiger partial charge in [-0.25, -0.2) is 4.99 Å². The minimum atomic E-state index is -0.236. The monoisotopic (exact) mass is 419 g/mol. The van der Waals surface area contributed by atoms with Gasteiger partial charge in [0.05, 0.1) is 18.0 Å².